The third-order valence-corrected chi connectivity index (χ3v) is 3.64. The maximum absolute atomic E-state index is 12.2. The van der Waals surface area contributed by atoms with E-state index in [0.717, 1.165) is 12.8 Å². The second kappa shape index (κ2) is 5.90. The summed E-state index contributed by atoms with van der Waals surface area (Å²) in [6, 6.07) is 3.22. The highest BCUT2D eigenvalue weighted by molar-refractivity contribution is 5.94. The summed E-state index contributed by atoms with van der Waals surface area (Å²) in [6.07, 6.45) is 4.67. The number of hydrogen-bond acceptors (Lipinski definition) is 4. The minimum Gasteiger partial charge on any atom is -0.481 e. The largest absolute Gasteiger partial charge is 0.481 e. The van der Waals surface area contributed by atoms with Crippen LogP contribution in [0.5, 0.6) is 5.88 Å². The number of aliphatic carboxylic acids is 1. The fraction of sp³-hybridized carbons (Fsp3) is 0.500. The molecule has 0 spiro atoms. The van der Waals surface area contributed by atoms with Crippen molar-refractivity contribution in [3.63, 3.8) is 0 Å². The van der Waals surface area contributed by atoms with Gasteiger partial charge in [0.2, 0.25) is 5.88 Å². The van der Waals surface area contributed by atoms with E-state index in [9.17, 15) is 9.59 Å². The van der Waals surface area contributed by atoms with Crippen molar-refractivity contribution in [1.29, 1.82) is 0 Å². The van der Waals surface area contributed by atoms with E-state index in [0.29, 0.717) is 24.3 Å². The van der Waals surface area contributed by atoms with Crippen LogP contribution in [0, 0.1) is 0 Å². The molecule has 20 heavy (non-hydrogen) atoms. The molecule has 1 saturated carbocycles. The van der Waals surface area contributed by atoms with Crippen molar-refractivity contribution in [2.45, 2.75) is 37.6 Å². The molecule has 1 aliphatic carbocycles. The molecule has 0 radical (unpaired) electrons. The van der Waals surface area contributed by atoms with Crippen molar-refractivity contribution in [3.05, 3.63) is 23.9 Å². The van der Waals surface area contributed by atoms with Crippen LogP contribution in [-0.2, 0) is 4.79 Å². The SMILES string of the molecule is COc1ccc(C(=O)NC2(CC(=O)O)CCCC2)cn1. The van der Waals surface area contributed by atoms with Gasteiger partial charge in [0, 0.05) is 12.3 Å². The molecule has 0 aromatic carbocycles. The lowest BCUT2D eigenvalue weighted by molar-refractivity contribution is -0.138. The van der Waals surface area contributed by atoms with E-state index in [1.54, 1.807) is 12.1 Å². The Morgan fingerprint density at radius 3 is 2.60 bits per heavy atom. The highest BCUT2D eigenvalue weighted by Gasteiger charge is 2.37. The van der Waals surface area contributed by atoms with Crippen LogP contribution in [0.25, 0.3) is 0 Å². The topological polar surface area (TPSA) is 88.5 Å². The zero-order chi connectivity index (χ0) is 14.6. The number of carboxylic acid groups (broad SMARTS) is 1. The van der Waals surface area contributed by atoms with Crippen molar-refractivity contribution in [1.82, 2.24) is 10.3 Å². The Balaban J connectivity index is 2.09. The molecular weight excluding hydrogens is 260 g/mol. The molecule has 6 nitrogen and oxygen atoms in total. The van der Waals surface area contributed by atoms with Crippen LogP contribution >= 0.6 is 0 Å². The molecule has 1 heterocycles. The van der Waals surface area contributed by atoms with E-state index in [2.05, 4.69) is 10.3 Å². The van der Waals surface area contributed by atoms with E-state index in [4.69, 9.17) is 9.84 Å². The van der Waals surface area contributed by atoms with Gasteiger partial charge in [0.25, 0.3) is 5.91 Å². The Morgan fingerprint density at radius 2 is 2.10 bits per heavy atom. The Labute approximate surface area is 117 Å². The van der Waals surface area contributed by atoms with Gasteiger partial charge in [-0.1, -0.05) is 12.8 Å². The van der Waals surface area contributed by atoms with E-state index in [1.807, 2.05) is 0 Å². The fourth-order valence-electron chi connectivity index (χ4n) is 2.64. The first-order valence-corrected chi connectivity index (χ1v) is 6.59. The Kier molecular flexibility index (Phi) is 4.22. The first-order chi connectivity index (χ1) is 9.54. The van der Waals surface area contributed by atoms with Crippen molar-refractivity contribution in [2.75, 3.05) is 7.11 Å². The number of ether oxygens (including phenoxy) is 1. The van der Waals surface area contributed by atoms with E-state index >= 15 is 0 Å². The first kappa shape index (κ1) is 14.3. The van der Waals surface area contributed by atoms with Gasteiger partial charge in [-0.3, -0.25) is 9.59 Å². The van der Waals surface area contributed by atoms with Crippen LogP contribution < -0.4 is 10.1 Å². The quantitative estimate of drug-likeness (QED) is 0.854. The zero-order valence-corrected chi connectivity index (χ0v) is 11.4. The predicted molar refractivity (Wildman–Crippen MR) is 71.7 cm³/mol. The van der Waals surface area contributed by atoms with Crippen LogP contribution in [0.3, 0.4) is 0 Å². The molecule has 2 N–H and O–H groups in total. The lowest BCUT2D eigenvalue weighted by Crippen LogP contribution is -2.47. The minimum atomic E-state index is -0.889. The first-order valence-electron chi connectivity index (χ1n) is 6.59. The number of amides is 1. The van der Waals surface area contributed by atoms with Crippen molar-refractivity contribution < 1.29 is 19.4 Å². The minimum absolute atomic E-state index is 0.0394. The van der Waals surface area contributed by atoms with E-state index in [1.165, 1.54) is 13.3 Å². The molecule has 108 valence electrons. The second-order valence-electron chi connectivity index (χ2n) is 5.10. The zero-order valence-electron chi connectivity index (χ0n) is 11.4. The number of rotatable bonds is 5. The second-order valence-corrected chi connectivity index (χ2v) is 5.10. The number of hydrogen-bond donors (Lipinski definition) is 2. The summed E-state index contributed by atoms with van der Waals surface area (Å²) in [6.45, 7) is 0. The number of nitrogens with one attached hydrogen (secondary N) is 1. The summed E-state index contributed by atoms with van der Waals surface area (Å²) in [5, 5.41) is 11.9. The highest BCUT2D eigenvalue weighted by atomic mass is 16.5. The van der Waals surface area contributed by atoms with Gasteiger partial charge in [-0.25, -0.2) is 4.98 Å². The molecule has 1 fully saturated rings. The summed E-state index contributed by atoms with van der Waals surface area (Å²) >= 11 is 0. The Bertz CT molecular complexity index is 492. The smallest absolute Gasteiger partial charge is 0.305 e. The molecule has 0 bridgehead atoms. The molecule has 1 amide bonds. The summed E-state index contributed by atoms with van der Waals surface area (Å²) in [5.74, 6) is -0.744. The van der Waals surface area contributed by atoms with Gasteiger partial charge in [0.1, 0.15) is 0 Å². The molecule has 6 heteroatoms. The number of carbonyl (C=O) groups is 2. The normalized spacial score (nSPS) is 16.6. The van der Waals surface area contributed by atoms with Crippen molar-refractivity contribution in [3.8, 4) is 5.88 Å². The molecule has 0 atom stereocenters. The molecule has 1 aromatic heterocycles. The Morgan fingerprint density at radius 1 is 1.40 bits per heavy atom. The number of pyridine rings is 1. The van der Waals surface area contributed by atoms with E-state index in [-0.39, 0.29) is 12.3 Å². The average molecular weight is 278 g/mol. The van der Waals surface area contributed by atoms with Crippen molar-refractivity contribution in [2.24, 2.45) is 0 Å². The van der Waals surface area contributed by atoms with Gasteiger partial charge in [0.05, 0.1) is 24.6 Å². The number of carboxylic acids is 1. The van der Waals surface area contributed by atoms with Crippen LogP contribution in [0.1, 0.15) is 42.5 Å². The van der Waals surface area contributed by atoms with Gasteiger partial charge < -0.3 is 15.2 Å². The molecule has 0 aliphatic heterocycles. The monoisotopic (exact) mass is 278 g/mol. The van der Waals surface area contributed by atoms with Crippen LogP contribution in [0.15, 0.2) is 18.3 Å². The summed E-state index contributed by atoms with van der Waals surface area (Å²) < 4.78 is 4.93. The third-order valence-electron chi connectivity index (χ3n) is 3.64. The number of methoxy groups -OCH3 is 1. The number of carbonyl (C=O) groups excluding carboxylic acids is 1. The highest BCUT2D eigenvalue weighted by Crippen LogP contribution is 2.32. The molecule has 0 unspecified atom stereocenters. The standard InChI is InChI=1S/C14H18N2O4/c1-20-11-5-4-10(9-15-11)13(19)16-14(8-12(17)18)6-2-3-7-14/h4-5,9H,2-3,6-8H2,1H3,(H,16,19)(H,17,18). The lowest BCUT2D eigenvalue weighted by atomic mass is 9.93. The summed E-state index contributed by atoms with van der Waals surface area (Å²) in [5.41, 5.74) is -0.217. The van der Waals surface area contributed by atoms with Gasteiger partial charge in [-0.15, -0.1) is 0 Å². The number of nitrogens with zero attached hydrogens (tertiary/aromatic N) is 1. The van der Waals surface area contributed by atoms with Crippen molar-refractivity contribution >= 4 is 11.9 Å². The van der Waals surface area contributed by atoms with Gasteiger partial charge in [0.15, 0.2) is 0 Å². The Hall–Kier alpha value is -2.11. The number of aromatic nitrogens is 1. The predicted octanol–water partition coefficient (Wildman–Crippen LogP) is 1.61. The molecule has 0 saturated heterocycles. The third kappa shape index (κ3) is 3.26. The van der Waals surface area contributed by atoms with Gasteiger partial charge in [-0.05, 0) is 18.9 Å². The average Bonchev–Trinajstić information content (AvgIpc) is 2.86. The summed E-state index contributed by atoms with van der Waals surface area (Å²) in [7, 11) is 1.50. The molecule has 1 aliphatic rings. The van der Waals surface area contributed by atoms with E-state index < -0.39 is 11.5 Å². The van der Waals surface area contributed by atoms with Gasteiger partial charge >= 0.3 is 5.97 Å². The van der Waals surface area contributed by atoms with Gasteiger partial charge in [-0.2, -0.15) is 0 Å². The van der Waals surface area contributed by atoms with Crippen LogP contribution in [0.2, 0.25) is 0 Å². The van der Waals surface area contributed by atoms with Crippen LogP contribution in [-0.4, -0.2) is 34.6 Å². The summed E-state index contributed by atoms with van der Waals surface area (Å²) in [4.78, 5) is 27.2. The fourth-order valence-corrected chi connectivity index (χ4v) is 2.64. The van der Waals surface area contributed by atoms with Crippen LogP contribution in [0.4, 0.5) is 0 Å². The molecule has 1 aromatic rings. The maximum Gasteiger partial charge on any atom is 0.305 e. The molecular formula is C14H18N2O4. The lowest BCUT2D eigenvalue weighted by Gasteiger charge is -2.28. The maximum atomic E-state index is 12.2. The molecule has 2 rings (SSSR count).